The summed E-state index contributed by atoms with van der Waals surface area (Å²) in [6.07, 6.45) is -3.13. The molecule has 1 aromatic heterocycles. The van der Waals surface area contributed by atoms with Crippen LogP contribution in [-0.2, 0) is 11.3 Å². The van der Waals surface area contributed by atoms with Crippen LogP contribution < -0.4 is 4.74 Å². The van der Waals surface area contributed by atoms with Crippen molar-refractivity contribution in [3.05, 3.63) is 77.2 Å². The first-order chi connectivity index (χ1) is 17.6. The van der Waals surface area contributed by atoms with E-state index in [2.05, 4.69) is 5.10 Å². The smallest absolute Gasteiger partial charge is 0.305 e. The highest BCUT2D eigenvalue weighted by atomic mass is 19.1. The molecule has 3 N–H and O–H groups in total. The summed E-state index contributed by atoms with van der Waals surface area (Å²) in [5, 5.41) is 33.6. The molecule has 198 valence electrons. The number of ether oxygens (including phenoxy) is 1. The van der Waals surface area contributed by atoms with Gasteiger partial charge in [-0.25, -0.2) is 9.07 Å². The minimum atomic E-state index is -1.24. The number of nitrogens with zero attached hydrogens (tertiary/aromatic N) is 3. The maximum Gasteiger partial charge on any atom is 0.305 e. The molecule has 2 atom stereocenters. The van der Waals surface area contributed by atoms with E-state index in [4.69, 9.17) is 9.84 Å². The second-order valence-corrected chi connectivity index (χ2v) is 9.21. The van der Waals surface area contributed by atoms with E-state index in [1.807, 2.05) is 44.2 Å². The van der Waals surface area contributed by atoms with Crippen LogP contribution in [-0.4, -0.2) is 67.7 Å². The molecular formula is C27H32FN3O6. The lowest BCUT2D eigenvalue weighted by atomic mass is 10.0. The molecule has 10 heteroatoms. The summed E-state index contributed by atoms with van der Waals surface area (Å²) < 4.78 is 20.9. The number of rotatable bonds is 12. The minimum Gasteiger partial charge on any atom is -0.481 e. The molecule has 0 aliphatic heterocycles. The van der Waals surface area contributed by atoms with E-state index in [1.165, 1.54) is 28.9 Å². The monoisotopic (exact) mass is 513 g/mol. The highest BCUT2D eigenvalue weighted by Crippen LogP contribution is 2.33. The summed E-state index contributed by atoms with van der Waals surface area (Å²) in [7, 11) is 1.67. The molecule has 0 bridgehead atoms. The molecule has 0 aliphatic rings. The van der Waals surface area contributed by atoms with Crippen molar-refractivity contribution in [1.82, 2.24) is 14.7 Å². The zero-order valence-electron chi connectivity index (χ0n) is 21.0. The number of hydrogen-bond donors (Lipinski definition) is 3. The largest absolute Gasteiger partial charge is 0.481 e. The van der Waals surface area contributed by atoms with Gasteiger partial charge in [0.1, 0.15) is 12.4 Å². The quantitative estimate of drug-likeness (QED) is 0.339. The Hall–Kier alpha value is -3.76. The summed E-state index contributed by atoms with van der Waals surface area (Å²) in [4.78, 5) is 25.9. The summed E-state index contributed by atoms with van der Waals surface area (Å²) >= 11 is 0. The van der Waals surface area contributed by atoms with Crippen molar-refractivity contribution in [3.63, 3.8) is 0 Å². The standard InChI is InChI=1S/C27H32FN3O6/c1-17(2)24-25(26(36)30(3)15-18-7-5-4-6-8-18)29-31(20-11-9-19(28)10-12-20)27(24)37-16-22(33)13-21(32)14-23(34)35/h4-12,17,21-22,32-33H,13-16H2,1-3H3,(H,34,35)/t21-,22+/m1/s1. The van der Waals surface area contributed by atoms with Crippen LogP contribution >= 0.6 is 0 Å². The lowest BCUT2D eigenvalue weighted by Gasteiger charge is -2.19. The molecule has 2 aromatic carbocycles. The zero-order chi connectivity index (χ0) is 27.1. The third-order valence-electron chi connectivity index (χ3n) is 5.71. The van der Waals surface area contributed by atoms with Crippen molar-refractivity contribution in [2.75, 3.05) is 13.7 Å². The zero-order valence-corrected chi connectivity index (χ0v) is 21.0. The minimum absolute atomic E-state index is 0.160. The number of carbonyl (C=O) groups excluding carboxylic acids is 1. The van der Waals surface area contributed by atoms with Gasteiger partial charge in [0.15, 0.2) is 5.69 Å². The van der Waals surface area contributed by atoms with E-state index in [0.29, 0.717) is 17.8 Å². The van der Waals surface area contributed by atoms with Crippen LogP contribution in [0.5, 0.6) is 5.88 Å². The van der Waals surface area contributed by atoms with E-state index in [1.54, 1.807) is 11.9 Å². The maximum absolute atomic E-state index is 13.6. The Morgan fingerprint density at radius 3 is 2.30 bits per heavy atom. The Kier molecular flexibility index (Phi) is 9.37. The maximum atomic E-state index is 13.6. The van der Waals surface area contributed by atoms with Crippen LogP contribution in [0.25, 0.3) is 5.69 Å². The van der Waals surface area contributed by atoms with Crippen molar-refractivity contribution < 1.29 is 34.0 Å². The molecule has 0 radical (unpaired) electrons. The van der Waals surface area contributed by atoms with Crippen LogP contribution in [0.15, 0.2) is 54.6 Å². The van der Waals surface area contributed by atoms with E-state index >= 15 is 0 Å². The van der Waals surface area contributed by atoms with Crippen LogP contribution in [0.1, 0.15) is 54.2 Å². The van der Waals surface area contributed by atoms with E-state index < -0.39 is 30.4 Å². The molecule has 3 aromatic rings. The lowest BCUT2D eigenvalue weighted by Crippen LogP contribution is -2.28. The first-order valence-electron chi connectivity index (χ1n) is 12.0. The van der Waals surface area contributed by atoms with Crippen LogP contribution in [0.4, 0.5) is 4.39 Å². The van der Waals surface area contributed by atoms with Gasteiger partial charge in [-0.1, -0.05) is 44.2 Å². The number of carboxylic acids is 1. The second-order valence-electron chi connectivity index (χ2n) is 9.21. The van der Waals surface area contributed by atoms with Gasteiger partial charge < -0.3 is 25.0 Å². The summed E-state index contributed by atoms with van der Waals surface area (Å²) in [5.74, 6) is -1.97. The molecule has 0 saturated heterocycles. The molecule has 1 amide bonds. The summed E-state index contributed by atoms with van der Waals surface area (Å²) in [6.45, 7) is 3.83. The van der Waals surface area contributed by atoms with Crippen LogP contribution in [0.3, 0.4) is 0 Å². The Morgan fingerprint density at radius 2 is 1.70 bits per heavy atom. The Balaban J connectivity index is 1.95. The molecule has 1 heterocycles. The van der Waals surface area contributed by atoms with E-state index in [0.717, 1.165) is 5.56 Å². The number of aliphatic hydroxyl groups is 2. The Labute approximate surface area is 214 Å². The van der Waals surface area contributed by atoms with E-state index in [-0.39, 0.29) is 36.4 Å². The molecule has 37 heavy (non-hydrogen) atoms. The van der Waals surface area contributed by atoms with Crippen molar-refractivity contribution in [3.8, 4) is 11.6 Å². The predicted molar refractivity (Wildman–Crippen MR) is 134 cm³/mol. The third-order valence-corrected chi connectivity index (χ3v) is 5.71. The van der Waals surface area contributed by atoms with Crippen LogP contribution in [0.2, 0.25) is 0 Å². The third kappa shape index (κ3) is 7.37. The number of halogens is 1. The average molecular weight is 514 g/mol. The second kappa shape index (κ2) is 12.5. The van der Waals surface area contributed by atoms with Gasteiger partial charge in [-0.05, 0) is 35.7 Å². The summed E-state index contributed by atoms with van der Waals surface area (Å²) in [6, 6.07) is 15.0. The van der Waals surface area contributed by atoms with Gasteiger partial charge in [-0.2, -0.15) is 5.10 Å². The van der Waals surface area contributed by atoms with Gasteiger partial charge in [0.05, 0.1) is 24.3 Å². The highest BCUT2D eigenvalue weighted by molar-refractivity contribution is 5.94. The first-order valence-corrected chi connectivity index (χ1v) is 12.0. The number of benzene rings is 2. The summed E-state index contributed by atoms with van der Waals surface area (Å²) in [5.41, 5.74) is 2.06. The average Bonchev–Trinajstić information content (AvgIpc) is 3.22. The number of aliphatic hydroxyl groups excluding tert-OH is 2. The highest BCUT2D eigenvalue weighted by Gasteiger charge is 2.29. The van der Waals surface area contributed by atoms with Crippen molar-refractivity contribution in [2.24, 2.45) is 0 Å². The Bertz CT molecular complexity index is 1200. The van der Waals surface area contributed by atoms with Gasteiger partial charge in [0.2, 0.25) is 5.88 Å². The first kappa shape index (κ1) is 27.8. The number of amides is 1. The van der Waals surface area contributed by atoms with Gasteiger partial charge in [-0.15, -0.1) is 0 Å². The SMILES string of the molecule is CC(C)c1c(C(=O)N(C)Cc2ccccc2)nn(-c2ccc(F)cc2)c1OC[C@@H](O)C[C@@H](O)CC(=O)O. The van der Waals surface area contributed by atoms with Gasteiger partial charge in [0, 0.05) is 25.6 Å². The molecule has 0 saturated carbocycles. The molecule has 0 fully saturated rings. The number of aliphatic carboxylic acids is 1. The number of aromatic nitrogens is 2. The number of carboxylic acid groups (broad SMARTS) is 1. The van der Waals surface area contributed by atoms with E-state index in [9.17, 15) is 24.2 Å². The normalized spacial score (nSPS) is 12.8. The number of hydrogen-bond acceptors (Lipinski definition) is 6. The Morgan fingerprint density at radius 1 is 1.05 bits per heavy atom. The fourth-order valence-electron chi connectivity index (χ4n) is 3.94. The molecular weight excluding hydrogens is 481 g/mol. The molecule has 3 rings (SSSR count). The molecule has 9 nitrogen and oxygen atoms in total. The predicted octanol–water partition coefficient (Wildman–Crippen LogP) is 3.37. The van der Waals surface area contributed by atoms with Crippen molar-refractivity contribution in [1.29, 1.82) is 0 Å². The molecule has 0 unspecified atom stereocenters. The van der Waals surface area contributed by atoms with Gasteiger partial charge in [-0.3, -0.25) is 9.59 Å². The van der Waals surface area contributed by atoms with Crippen molar-refractivity contribution >= 4 is 11.9 Å². The van der Waals surface area contributed by atoms with Gasteiger partial charge in [0.25, 0.3) is 5.91 Å². The molecule has 0 spiro atoms. The van der Waals surface area contributed by atoms with Crippen LogP contribution in [0, 0.1) is 5.82 Å². The fraction of sp³-hybridized carbons (Fsp3) is 0.370. The molecule has 0 aliphatic carbocycles. The number of carbonyl (C=O) groups is 2. The van der Waals surface area contributed by atoms with Gasteiger partial charge >= 0.3 is 5.97 Å². The lowest BCUT2D eigenvalue weighted by molar-refractivity contribution is -0.139. The fourth-order valence-corrected chi connectivity index (χ4v) is 3.94. The van der Waals surface area contributed by atoms with Crippen molar-refractivity contribution in [2.45, 2.75) is 51.4 Å². The topological polar surface area (TPSA) is 125 Å².